The van der Waals surface area contributed by atoms with E-state index in [0.717, 1.165) is 11.4 Å². The minimum absolute atomic E-state index is 0.0338. The Morgan fingerprint density at radius 1 is 1.03 bits per heavy atom. The first-order chi connectivity index (χ1) is 15.5. The first kappa shape index (κ1) is 21.6. The fourth-order valence-electron chi connectivity index (χ4n) is 4.13. The highest BCUT2D eigenvalue weighted by Crippen LogP contribution is 2.22. The molecule has 9 heteroatoms. The number of nitrogens with zero attached hydrogens (tertiary/aromatic N) is 4. The van der Waals surface area contributed by atoms with Gasteiger partial charge >= 0.3 is 17.8 Å². The average Bonchev–Trinajstić information content (AvgIpc) is 2.83. The summed E-state index contributed by atoms with van der Waals surface area (Å²) >= 11 is 0. The van der Waals surface area contributed by atoms with Crippen LogP contribution >= 0.6 is 0 Å². The van der Waals surface area contributed by atoms with Gasteiger partial charge in [0.05, 0.1) is 19.3 Å². The zero-order chi connectivity index (χ0) is 22.5. The van der Waals surface area contributed by atoms with Crippen molar-refractivity contribution in [3.8, 4) is 5.75 Å². The number of urea groups is 1. The summed E-state index contributed by atoms with van der Waals surface area (Å²) in [5.41, 5.74) is 1.46. The number of pyridine rings is 1. The third kappa shape index (κ3) is 4.82. The number of nitrogens with one attached hydrogen (secondary N) is 1. The second-order valence-corrected chi connectivity index (χ2v) is 7.92. The van der Waals surface area contributed by atoms with E-state index in [1.54, 1.807) is 52.3 Å². The Kier molecular flexibility index (Phi) is 6.53. The molecular formula is C23H27N5O4. The van der Waals surface area contributed by atoms with E-state index in [4.69, 9.17) is 4.74 Å². The molecule has 32 heavy (non-hydrogen) atoms. The maximum atomic E-state index is 12.7. The predicted molar refractivity (Wildman–Crippen MR) is 118 cm³/mol. The summed E-state index contributed by atoms with van der Waals surface area (Å²) < 4.78 is 5.13. The van der Waals surface area contributed by atoms with Crippen molar-refractivity contribution in [2.75, 3.05) is 38.6 Å². The molecular weight excluding hydrogens is 410 g/mol. The molecule has 2 aliphatic rings. The van der Waals surface area contributed by atoms with Crippen LogP contribution in [0.15, 0.2) is 48.7 Å². The van der Waals surface area contributed by atoms with Gasteiger partial charge in [-0.25, -0.2) is 4.79 Å². The van der Waals surface area contributed by atoms with Crippen molar-refractivity contribution in [2.24, 2.45) is 0 Å². The van der Waals surface area contributed by atoms with Gasteiger partial charge in [-0.05, 0) is 49.2 Å². The molecule has 0 spiro atoms. The number of hydrogen-bond donors (Lipinski definition) is 1. The number of aromatic nitrogens is 1. The molecule has 2 saturated heterocycles. The molecule has 0 unspecified atom stereocenters. The highest BCUT2D eigenvalue weighted by molar-refractivity contribution is 6.35. The van der Waals surface area contributed by atoms with Crippen molar-refractivity contribution in [1.82, 2.24) is 19.7 Å². The topological polar surface area (TPSA) is 95.1 Å². The van der Waals surface area contributed by atoms with E-state index in [-0.39, 0.29) is 12.1 Å². The Hall–Kier alpha value is -3.62. The van der Waals surface area contributed by atoms with Crippen LogP contribution in [0.5, 0.6) is 5.75 Å². The number of benzene rings is 1. The molecule has 2 fully saturated rings. The largest absolute Gasteiger partial charge is 0.497 e. The van der Waals surface area contributed by atoms with Gasteiger partial charge in [-0.2, -0.15) is 0 Å². The van der Waals surface area contributed by atoms with Crippen LogP contribution in [0.4, 0.5) is 10.5 Å². The van der Waals surface area contributed by atoms with E-state index >= 15 is 0 Å². The average molecular weight is 438 g/mol. The summed E-state index contributed by atoms with van der Waals surface area (Å²) in [6.45, 7) is 2.38. The minimum Gasteiger partial charge on any atom is -0.497 e. The lowest BCUT2D eigenvalue weighted by atomic mass is 10.0. The molecule has 3 heterocycles. The first-order valence-corrected chi connectivity index (χ1v) is 10.7. The Morgan fingerprint density at radius 3 is 2.44 bits per heavy atom. The van der Waals surface area contributed by atoms with Crippen molar-refractivity contribution < 1.29 is 19.1 Å². The number of amides is 4. The van der Waals surface area contributed by atoms with E-state index < -0.39 is 11.8 Å². The van der Waals surface area contributed by atoms with Gasteiger partial charge in [0.25, 0.3) is 0 Å². The van der Waals surface area contributed by atoms with Gasteiger partial charge < -0.3 is 24.8 Å². The second-order valence-electron chi connectivity index (χ2n) is 7.92. The highest BCUT2D eigenvalue weighted by atomic mass is 16.5. The number of hydrogen-bond acceptors (Lipinski definition) is 5. The van der Waals surface area contributed by atoms with Crippen LogP contribution in [0.3, 0.4) is 0 Å². The number of likely N-dealkylation sites (tertiary alicyclic amines) is 1. The highest BCUT2D eigenvalue weighted by Gasteiger charge is 2.38. The van der Waals surface area contributed by atoms with Crippen LogP contribution in [-0.2, 0) is 16.1 Å². The molecule has 0 radical (unpaired) electrons. The molecule has 4 amide bonds. The number of piperidine rings is 1. The molecule has 4 rings (SSSR count). The molecule has 1 aromatic heterocycles. The monoisotopic (exact) mass is 437 g/mol. The summed E-state index contributed by atoms with van der Waals surface area (Å²) in [6.07, 6.45) is 2.97. The van der Waals surface area contributed by atoms with E-state index in [0.29, 0.717) is 51.3 Å². The number of rotatable bonds is 5. The summed E-state index contributed by atoms with van der Waals surface area (Å²) in [5, 5.41) is 2.89. The molecule has 9 nitrogen and oxygen atoms in total. The number of carbonyl (C=O) groups is 3. The Bertz CT molecular complexity index is 958. The van der Waals surface area contributed by atoms with Crippen molar-refractivity contribution in [1.29, 1.82) is 0 Å². The number of methoxy groups -OCH3 is 1. The molecule has 1 aromatic carbocycles. The van der Waals surface area contributed by atoms with Crippen molar-refractivity contribution >= 4 is 23.5 Å². The fraction of sp³-hybridized carbons (Fsp3) is 0.391. The molecule has 0 bridgehead atoms. The predicted octanol–water partition coefficient (Wildman–Crippen LogP) is 1.96. The first-order valence-electron chi connectivity index (χ1n) is 10.7. The van der Waals surface area contributed by atoms with Gasteiger partial charge in [0, 0.05) is 44.1 Å². The molecule has 168 valence electrons. The van der Waals surface area contributed by atoms with Crippen LogP contribution in [0.2, 0.25) is 0 Å². The Labute approximate surface area is 187 Å². The summed E-state index contributed by atoms with van der Waals surface area (Å²) in [7, 11) is 1.59. The second kappa shape index (κ2) is 9.67. The van der Waals surface area contributed by atoms with Gasteiger partial charge in [-0.3, -0.25) is 14.6 Å². The van der Waals surface area contributed by atoms with Crippen molar-refractivity contribution in [2.45, 2.75) is 25.4 Å². The number of carbonyl (C=O) groups excluding carboxylic acids is 3. The molecule has 0 aliphatic carbocycles. The molecule has 0 saturated carbocycles. The SMILES string of the molecule is COc1ccc(NC(=O)N2CCC(N3CCN(Cc4ccccn4)C(=O)C3=O)CC2)cc1. The lowest BCUT2D eigenvalue weighted by molar-refractivity contribution is -0.158. The zero-order valence-corrected chi connectivity index (χ0v) is 18.1. The molecule has 2 aromatic rings. The lowest BCUT2D eigenvalue weighted by Crippen LogP contribution is -2.59. The van der Waals surface area contributed by atoms with Crippen LogP contribution in [-0.4, -0.2) is 76.9 Å². The van der Waals surface area contributed by atoms with Gasteiger partial charge in [0.2, 0.25) is 0 Å². The van der Waals surface area contributed by atoms with Crippen LogP contribution in [0, 0.1) is 0 Å². The third-order valence-corrected chi connectivity index (χ3v) is 5.95. The Balaban J connectivity index is 1.28. The van der Waals surface area contributed by atoms with Crippen molar-refractivity contribution in [3.63, 3.8) is 0 Å². The van der Waals surface area contributed by atoms with Crippen molar-refractivity contribution in [3.05, 3.63) is 54.4 Å². The normalized spacial score (nSPS) is 17.5. The summed E-state index contributed by atoms with van der Waals surface area (Å²) in [6, 6.07) is 12.5. The van der Waals surface area contributed by atoms with Gasteiger partial charge in [-0.1, -0.05) is 6.07 Å². The van der Waals surface area contributed by atoms with E-state index in [2.05, 4.69) is 10.3 Å². The zero-order valence-electron chi connectivity index (χ0n) is 18.1. The van der Waals surface area contributed by atoms with Gasteiger partial charge in [0.15, 0.2) is 0 Å². The van der Waals surface area contributed by atoms with E-state index in [1.807, 2.05) is 18.2 Å². The standard InChI is InChI=1S/C23H27N5O4/c1-32-20-7-5-17(6-8-20)25-23(31)26-12-9-19(10-13-26)28-15-14-27(21(29)22(28)30)16-18-4-2-3-11-24-18/h2-8,11,19H,9-10,12-16H2,1H3,(H,25,31). The third-order valence-electron chi connectivity index (χ3n) is 5.95. The number of piperazine rings is 1. The number of ether oxygens (including phenoxy) is 1. The van der Waals surface area contributed by atoms with Crippen LogP contribution < -0.4 is 10.1 Å². The molecule has 0 atom stereocenters. The lowest BCUT2D eigenvalue weighted by Gasteiger charge is -2.42. The minimum atomic E-state index is -0.485. The summed E-state index contributed by atoms with van der Waals surface area (Å²) in [4.78, 5) is 47.2. The van der Waals surface area contributed by atoms with E-state index in [9.17, 15) is 14.4 Å². The maximum absolute atomic E-state index is 12.7. The smallest absolute Gasteiger partial charge is 0.321 e. The van der Waals surface area contributed by atoms with Gasteiger partial charge in [-0.15, -0.1) is 0 Å². The van der Waals surface area contributed by atoms with Crippen LogP contribution in [0.1, 0.15) is 18.5 Å². The molecule has 2 aliphatic heterocycles. The van der Waals surface area contributed by atoms with E-state index in [1.165, 1.54) is 0 Å². The quantitative estimate of drug-likeness (QED) is 0.722. The maximum Gasteiger partial charge on any atom is 0.321 e. The fourth-order valence-corrected chi connectivity index (χ4v) is 4.13. The molecule has 1 N–H and O–H groups in total. The number of anilines is 1. The van der Waals surface area contributed by atoms with Crippen LogP contribution in [0.25, 0.3) is 0 Å². The Morgan fingerprint density at radius 2 is 1.78 bits per heavy atom. The van der Waals surface area contributed by atoms with Gasteiger partial charge in [0.1, 0.15) is 5.75 Å². The summed E-state index contributed by atoms with van der Waals surface area (Å²) in [5.74, 6) is -0.224.